The first kappa shape index (κ1) is 31.1. The lowest BCUT2D eigenvalue weighted by molar-refractivity contribution is 0.236. The van der Waals surface area contributed by atoms with Gasteiger partial charge < -0.3 is 14.3 Å². The topological polar surface area (TPSA) is 49.8 Å². The fraction of sp³-hybridized carbons (Fsp3) is 1.00. The highest BCUT2D eigenvalue weighted by Gasteiger charge is 2.20. The Bertz CT molecular complexity index is 390. The van der Waals surface area contributed by atoms with Crippen molar-refractivity contribution < 1.29 is 14.0 Å². The number of nitrogens with zero attached hydrogens (tertiary/aromatic N) is 1. The summed E-state index contributed by atoms with van der Waals surface area (Å²) in [4.78, 5) is 12.7. The summed E-state index contributed by atoms with van der Waals surface area (Å²) in [5.74, 6) is 0. The molecule has 0 heterocycles. The van der Waals surface area contributed by atoms with E-state index < -0.39 is 7.60 Å². The summed E-state index contributed by atoms with van der Waals surface area (Å²) in [7, 11) is -3.46. The fourth-order valence-electron chi connectivity index (χ4n) is 3.99. The lowest BCUT2D eigenvalue weighted by atomic mass is 10.1. The largest absolute Gasteiger partial charge is 0.329 e. The molecule has 0 aliphatic heterocycles. The van der Waals surface area contributed by atoms with Crippen LogP contribution in [0.1, 0.15) is 136 Å². The van der Waals surface area contributed by atoms with Crippen LogP contribution in [-0.2, 0) is 9.09 Å². The second-order valence-electron chi connectivity index (χ2n) is 9.34. The molecule has 0 bridgehead atoms. The third-order valence-corrected chi connectivity index (χ3v) is 7.50. The fourth-order valence-corrected chi connectivity index (χ4v) is 5.07. The molecule has 188 valence electrons. The summed E-state index contributed by atoms with van der Waals surface area (Å²) in [6.07, 6.45) is 22.8. The molecule has 1 unspecified atom stereocenters. The smallest absolute Gasteiger partial charge is 0.324 e. The van der Waals surface area contributed by atoms with Crippen LogP contribution in [0.5, 0.6) is 0 Å². The van der Waals surface area contributed by atoms with Gasteiger partial charge in [0.1, 0.15) is 0 Å². The van der Waals surface area contributed by atoms with Gasteiger partial charge in [0.25, 0.3) is 0 Å². The van der Waals surface area contributed by atoms with Crippen molar-refractivity contribution in [2.45, 2.75) is 136 Å². The second-order valence-corrected chi connectivity index (χ2v) is 11.3. The van der Waals surface area contributed by atoms with Crippen LogP contribution in [0.25, 0.3) is 0 Å². The van der Waals surface area contributed by atoms with Crippen LogP contribution >= 0.6 is 7.60 Å². The van der Waals surface area contributed by atoms with E-state index in [1.54, 1.807) is 0 Å². The molecule has 1 N–H and O–H groups in total. The van der Waals surface area contributed by atoms with Crippen LogP contribution in [0.3, 0.4) is 0 Å². The maximum atomic E-state index is 12.5. The Kier molecular flexibility index (Phi) is 23.4. The minimum absolute atomic E-state index is 0.272. The number of unbranched alkanes of at least 4 members (excludes halogenated alkanes) is 15. The third-order valence-electron chi connectivity index (χ3n) is 6.15. The molecule has 0 radical (unpaired) electrons. The minimum atomic E-state index is -3.46. The van der Waals surface area contributed by atoms with Crippen molar-refractivity contribution in [2.75, 3.05) is 32.4 Å². The molecule has 0 aliphatic rings. The second kappa shape index (κ2) is 23.3. The van der Waals surface area contributed by atoms with Gasteiger partial charge in [-0.15, -0.1) is 0 Å². The Balaban J connectivity index is 4.14. The van der Waals surface area contributed by atoms with E-state index in [4.69, 9.17) is 4.52 Å². The zero-order chi connectivity index (χ0) is 23.0. The van der Waals surface area contributed by atoms with Gasteiger partial charge >= 0.3 is 7.60 Å². The van der Waals surface area contributed by atoms with Gasteiger partial charge in [0.05, 0.1) is 12.8 Å². The van der Waals surface area contributed by atoms with Crippen LogP contribution in [0.15, 0.2) is 0 Å². The molecular weight excluding hydrogens is 405 g/mol. The highest BCUT2D eigenvalue weighted by atomic mass is 31.2. The molecule has 0 saturated carbocycles. The zero-order valence-electron chi connectivity index (χ0n) is 21.4. The summed E-state index contributed by atoms with van der Waals surface area (Å²) >= 11 is 0. The molecule has 0 spiro atoms. The van der Waals surface area contributed by atoms with Gasteiger partial charge in [0.15, 0.2) is 0 Å². The molecule has 1 atom stereocenters. The van der Waals surface area contributed by atoms with E-state index in [1.807, 2.05) is 0 Å². The predicted molar refractivity (Wildman–Crippen MR) is 137 cm³/mol. The molecule has 0 aromatic carbocycles. The quantitative estimate of drug-likeness (QED) is 0.109. The Hall–Kier alpha value is 0.110. The normalized spacial score (nSPS) is 13.7. The van der Waals surface area contributed by atoms with Gasteiger partial charge in [0.2, 0.25) is 0 Å². The van der Waals surface area contributed by atoms with E-state index in [0.29, 0.717) is 13.2 Å². The van der Waals surface area contributed by atoms with Crippen molar-refractivity contribution >= 4 is 7.60 Å². The number of hydrogen-bond donors (Lipinski definition) is 1. The molecule has 0 saturated heterocycles. The van der Waals surface area contributed by atoms with E-state index in [-0.39, 0.29) is 6.16 Å². The van der Waals surface area contributed by atoms with Crippen LogP contribution in [0.4, 0.5) is 0 Å². The van der Waals surface area contributed by atoms with Gasteiger partial charge in [-0.3, -0.25) is 4.57 Å². The highest BCUT2D eigenvalue weighted by molar-refractivity contribution is 7.52. The average Bonchev–Trinajstić information content (AvgIpc) is 2.75. The summed E-state index contributed by atoms with van der Waals surface area (Å²) < 4.78 is 17.9. The van der Waals surface area contributed by atoms with Crippen LogP contribution in [-0.4, -0.2) is 42.2 Å². The first-order chi connectivity index (χ1) is 15.1. The zero-order valence-corrected chi connectivity index (χ0v) is 22.3. The number of hydrogen-bond acceptors (Lipinski definition) is 3. The molecule has 31 heavy (non-hydrogen) atoms. The standard InChI is InChI=1S/C26H56NO3P/c1-4-7-10-13-16-19-22-27(23-20-17-14-11-8-5-2)24-26-31(28,29)30-25-21-18-15-12-9-6-3/h4-26H2,1-3H3,(H,28,29). The summed E-state index contributed by atoms with van der Waals surface area (Å²) in [5.41, 5.74) is 0. The monoisotopic (exact) mass is 461 g/mol. The molecule has 0 aromatic heterocycles. The maximum absolute atomic E-state index is 12.5. The molecule has 0 rings (SSSR count). The van der Waals surface area contributed by atoms with Gasteiger partial charge in [-0.05, 0) is 32.4 Å². The Morgan fingerprint density at radius 2 is 0.968 bits per heavy atom. The summed E-state index contributed by atoms with van der Waals surface area (Å²) in [5, 5.41) is 0. The first-order valence-corrected chi connectivity index (χ1v) is 15.5. The lowest BCUT2D eigenvalue weighted by Crippen LogP contribution is -2.29. The predicted octanol–water partition coefficient (Wildman–Crippen LogP) is 8.57. The molecular formula is C26H56NO3P. The Labute approximate surface area is 195 Å². The van der Waals surface area contributed by atoms with E-state index >= 15 is 0 Å². The molecule has 5 heteroatoms. The molecule has 0 aliphatic carbocycles. The van der Waals surface area contributed by atoms with Gasteiger partial charge in [-0.1, -0.05) is 117 Å². The highest BCUT2D eigenvalue weighted by Crippen LogP contribution is 2.41. The average molecular weight is 462 g/mol. The van der Waals surface area contributed by atoms with Gasteiger partial charge in [-0.2, -0.15) is 0 Å². The Morgan fingerprint density at radius 3 is 1.42 bits per heavy atom. The van der Waals surface area contributed by atoms with Crippen molar-refractivity contribution in [1.29, 1.82) is 0 Å². The third kappa shape index (κ3) is 23.1. The van der Waals surface area contributed by atoms with E-state index in [9.17, 15) is 9.46 Å². The van der Waals surface area contributed by atoms with Crippen LogP contribution < -0.4 is 0 Å². The lowest BCUT2D eigenvalue weighted by Gasteiger charge is -2.23. The summed E-state index contributed by atoms with van der Waals surface area (Å²) in [6.45, 7) is 9.95. The Morgan fingerprint density at radius 1 is 0.581 bits per heavy atom. The maximum Gasteiger partial charge on any atom is 0.329 e. The van der Waals surface area contributed by atoms with E-state index in [1.165, 1.54) is 103 Å². The summed E-state index contributed by atoms with van der Waals surface area (Å²) in [6, 6.07) is 0. The molecule has 0 fully saturated rings. The molecule has 0 aromatic rings. The van der Waals surface area contributed by atoms with Gasteiger partial charge in [-0.25, -0.2) is 0 Å². The van der Waals surface area contributed by atoms with Crippen molar-refractivity contribution in [3.05, 3.63) is 0 Å². The number of rotatable bonds is 25. The van der Waals surface area contributed by atoms with Crippen molar-refractivity contribution in [1.82, 2.24) is 4.90 Å². The molecule has 0 amide bonds. The first-order valence-electron chi connectivity index (χ1n) is 13.7. The van der Waals surface area contributed by atoms with Crippen molar-refractivity contribution in [3.8, 4) is 0 Å². The van der Waals surface area contributed by atoms with Crippen LogP contribution in [0.2, 0.25) is 0 Å². The minimum Gasteiger partial charge on any atom is -0.324 e. The van der Waals surface area contributed by atoms with Crippen LogP contribution in [0, 0.1) is 0 Å². The molecule has 4 nitrogen and oxygen atoms in total. The van der Waals surface area contributed by atoms with Crippen molar-refractivity contribution in [2.24, 2.45) is 0 Å². The van der Waals surface area contributed by atoms with E-state index in [2.05, 4.69) is 25.7 Å². The van der Waals surface area contributed by atoms with E-state index in [0.717, 1.165) is 25.9 Å². The SMILES string of the molecule is CCCCCCCCOP(=O)(O)CCN(CCCCCCCC)CCCCCCCC. The van der Waals surface area contributed by atoms with Crippen molar-refractivity contribution in [3.63, 3.8) is 0 Å². The van der Waals surface area contributed by atoms with Gasteiger partial charge in [0, 0.05) is 6.54 Å².